The summed E-state index contributed by atoms with van der Waals surface area (Å²) in [6.45, 7) is 12.1. The quantitative estimate of drug-likeness (QED) is 0.663. The van der Waals surface area contributed by atoms with Gasteiger partial charge in [-0.1, -0.05) is 53.7 Å². The Kier molecular flexibility index (Phi) is 6.77. The van der Waals surface area contributed by atoms with Crippen LogP contribution in [-0.2, 0) is 9.59 Å². The summed E-state index contributed by atoms with van der Waals surface area (Å²) in [5.74, 6) is -0.287. The molecule has 0 aliphatic carbocycles. The molecular formula is C24H27N3O2S. The minimum Gasteiger partial charge on any atom is -0.326 e. The van der Waals surface area contributed by atoms with Gasteiger partial charge in [-0.25, -0.2) is 4.99 Å². The van der Waals surface area contributed by atoms with Crippen molar-refractivity contribution in [3.05, 3.63) is 71.3 Å². The lowest BCUT2D eigenvalue weighted by Gasteiger charge is -2.15. The van der Waals surface area contributed by atoms with Gasteiger partial charge in [0.25, 0.3) is 0 Å². The lowest BCUT2D eigenvalue weighted by molar-refractivity contribution is -0.127. The summed E-state index contributed by atoms with van der Waals surface area (Å²) in [6, 6.07) is 11.9. The zero-order valence-electron chi connectivity index (χ0n) is 17.9. The smallest absolute Gasteiger partial charge is 0.242 e. The number of nitrogens with zero attached hydrogens (tertiary/aromatic N) is 2. The topological polar surface area (TPSA) is 61.8 Å². The van der Waals surface area contributed by atoms with E-state index in [1.807, 2.05) is 58.0 Å². The lowest BCUT2D eigenvalue weighted by atomic mass is 10.1. The highest BCUT2D eigenvalue weighted by atomic mass is 32.2. The van der Waals surface area contributed by atoms with Crippen LogP contribution in [0.1, 0.15) is 28.7 Å². The summed E-state index contributed by atoms with van der Waals surface area (Å²) in [5, 5.41) is 3.08. The minimum atomic E-state index is -0.501. The van der Waals surface area contributed by atoms with E-state index in [2.05, 4.69) is 18.0 Å². The van der Waals surface area contributed by atoms with Gasteiger partial charge in [-0.05, 0) is 50.5 Å². The van der Waals surface area contributed by atoms with Crippen molar-refractivity contribution in [3.8, 4) is 0 Å². The van der Waals surface area contributed by atoms with Gasteiger partial charge in [0.1, 0.15) is 5.25 Å². The van der Waals surface area contributed by atoms with Crippen LogP contribution in [-0.4, -0.2) is 33.7 Å². The van der Waals surface area contributed by atoms with Crippen LogP contribution in [0.25, 0.3) is 0 Å². The molecular weight excluding hydrogens is 394 g/mol. The number of amidine groups is 1. The number of thioether (sulfide) groups is 1. The number of para-hydroxylation sites is 1. The van der Waals surface area contributed by atoms with Gasteiger partial charge >= 0.3 is 0 Å². The molecule has 1 saturated heterocycles. The number of anilines is 1. The second-order valence-electron chi connectivity index (χ2n) is 7.55. The van der Waals surface area contributed by atoms with Crippen molar-refractivity contribution < 1.29 is 9.59 Å². The first-order chi connectivity index (χ1) is 14.3. The van der Waals surface area contributed by atoms with Crippen molar-refractivity contribution in [2.45, 2.75) is 39.4 Å². The van der Waals surface area contributed by atoms with Gasteiger partial charge in [0.05, 0.1) is 5.69 Å². The summed E-state index contributed by atoms with van der Waals surface area (Å²) >= 11 is 1.34. The molecule has 3 rings (SSSR count). The third-order valence-corrected chi connectivity index (χ3v) is 6.19. The molecule has 6 heteroatoms. The van der Waals surface area contributed by atoms with Crippen LogP contribution in [0.5, 0.6) is 0 Å². The van der Waals surface area contributed by atoms with Crippen LogP contribution < -0.4 is 5.32 Å². The number of amides is 2. The van der Waals surface area contributed by atoms with E-state index in [1.165, 1.54) is 11.8 Å². The van der Waals surface area contributed by atoms with E-state index in [0.29, 0.717) is 11.7 Å². The van der Waals surface area contributed by atoms with Crippen molar-refractivity contribution in [3.63, 3.8) is 0 Å². The molecule has 2 amide bonds. The first-order valence-corrected chi connectivity index (χ1v) is 10.8. The molecule has 5 nitrogen and oxygen atoms in total. The number of benzene rings is 2. The lowest BCUT2D eigenvalue weighted by Crippen LogP contribution is -2.33. The Balaban J connectivity index is 1.79. The molecule has 1 N–H and O–H groups in total. The standard InChI is InChI=1S/C24H27N3O2S/c1-6-12-27-23(29)20(14-21(28)26-22-16(3)8-7-9-17(22)4)30-24(27)25-19-11-10-15(2)13-18(19)5/h6-11,13,20H,1,12,14H2,2-5H3,(H,26,28)/t20-/m0/s1. The second-order valence-corrected chi connectivity index (χ2v) is 8.72. The number of hydrogen-bond donors (Lipinski definition) is 1. The Morgan fingerprint density at radius 1 is 1.17 bits per heavy atom. The van der Waals surface area contributed by atoms with E-state index in [0.717, 1.165) is 33.6 Å². The zero-order valence-corrected chi connectivity index (χ0v) is 18.7. The number of carbonyl (C=O) groups excluding carboxylic acids is 2. The van der Waals surface area contributed by atoms with Crippen LogP contribution in [0.4, 0.5) is 11.4 Å². The molecule has 0 radical (unpaired) electrons. The fourth-order valence-corrected chi connectivity index (χ4v) is 4.59. The fourth-order valence-electron chi connectivity index (χ4n) is 3.43. The summed E-state index contributed by atoms with van der Waals surface area (Å²) in [6.07, 6.45) is 1.77. The van der Waals surface area contributed by atoms with E-state index in [9.17, 15) is 9.59 Å². The van der Waals surface area contributed by atoms with Crippen molar-refractivity contribution in [1.82, 2.24) is 4.90 Å². The fraction of sp³-hybridized carbons (Fsp3) is 0.292. The zero-order chi connectivity index (χ0) is 21.8. The maximum Gasteiger partial charge on any atom is 0.242 e. The molecule has 0 unspecified atom stereocenters. The van der Waals surface area contributed by atoms with Gasteiger partial charge in [0.2, 0.25) is 11.8 Å². The van der Waals surface area contributed by atoms with Crippen LogP contribution in [0.3, 0.4) is 0 Å². The Morgan fingerprint density at radius 3 is 2.50 bits per heavy atom. The molecule has 0 spiro atoms. The van der Waals surface area contributed by atoms with Crippen molar-refractivity contribution in [2.75, 3.05) is 11.9 Å². The first-order valence-electron chi connectivity index (χ1n) is 9.91. The number of carbonyl (C=O) groups is 2. The maximum atomic E-state index is 13.0. The van der Waals surface area contributed by atoms with Gasteiger partial charge in [-0.15, -0.1) is 6.58 Å². The predicted molar refractivity (Wildman–Crippen MR) is 125 cm³/mol. The number of nitrogens with one attached hydrogen (secondary N) is 1. The Bertz CT molecular complexity index is 1010. The van der Waals surface area contributed by atoms with Crippen LogP contribution in [0, 0.1) is 27.7 Å². The summed E-state index contributed by atoms with van der Waals surface area (Å²) < 4.78 is 0. The number of rotatable bonds is 6. The normalized spacial score (nSPS) is 17.5. The van der Waals surface area contributed by atoms with Crippen LogP contribution >= 0.6 is 11.8 Å². The second kappa shape index (κ2) is 9.30. The third kappa shape index (κ3) is 4.82. The van der Waals surface area contributed by atoms with Crippen molar-refractivity contribution in [1.29, 1.82) is 0 Å². The van der Waals surface area contributed by atoms with E-state index < -0.39 is 5.25 Å². The van der Waals surface area contributed by atoms with Gasteiger partial charge in [0, 0.05) is 18.7 Å². The number of aliphatic imine (C=N–C) groups is 1. The molecule has 0 saturated carbocycles. The molecule has 1 aliphatic rings. The molecule has 1 atom stereocenters. The summed E-state index contributed by atoms with van der Waals surface area (Å²) in [7, 11) is 0. The monoisotopic (exact) mass is 421 g/mol. The summed E-state index contributed by atoms with van der Waals surface area (Å²) in [5.41, 5.74) is 5.84. The first kappa shape index (κ1) is 21.8. The van der Waals surface area contributed by atoms with Crippen molar-refractivity contribution >= 4 is 40.1 Å². The summed E-state index contributed by atoms with van der Waals surface area (Å²) in [4.78, 5) is 32.0. The van der Waals surface area contributed by atoms with Gasteiger partial charge in [0.15, 0.2) is 5.17 Å². The Morgan fingerprint density at radius 2 is 1.87 bits per heavy atom. The molecule has 30 heavy (non-hydrogen) atoms. The average Bonchev–Trinajstić information content (AvgIpc) is 2.96. The SMILES string of the molecule is C=CCN1C(=O)[C@H](CC(=O)Nc2c(C)cccc2C)SC1=Nc1ccc(C)cc1C. The molecule has 156 valence electrons. The van der Waals surface area contributed by atoms with Gasteiger partial charge in [-0.2, -0.15) is 0 Å². The minimum absolute atomic E-state index is 0.0941. The molecule has 1 heterocycles. The molecule has 0 aromatic heterocycles. The predicted octanol–water partition coefficient (Wildman–Crippen LogP) is 5.07. The highest BCUT2D eigenvalue weighted by Gasteiger charge is 2.38. The van der Waals surface area contributed by atoms with Crippen molar-refractivity contribution in [2.24, 2.45) is 4.99 Å². The molecule has 2 aromatic rings. The number of aryl methyl sites for hydroxylation is 4. The molecule has 1 fully saturated rings. The Labute approximate surface area is 182 Å². The van der Waals surface area contributed by atoms with Gasteiger partial charge < -0.3 is 5.32 Å². The molecule has 2 aromatic carbocycles. The van der Waals surface area contributed by atoms with E-state index in [4.69, 9.17) is 4.99 Å². The third-order valence-electron chi connectivity index (χ3n) is 5.02. The maximum absolute atomic E-state index is 13.0. The Hall–Kier alpha value is -2.86. The average molecular weight is 422 g/mol. The molecule has 0 bridgehead atoms. The highest BCUT2D eigenvalue weighted by molar-refractivity contribution is 8.15. The number of hydrogen-bond acceptors (Lipinski definition) is 4. The van der Waals surface area contributed by atoms with E-state index in [-0.39, 0.29) is 18.2 Å². The van der Waals surface area contributed by atoms with Gasteiger partial charge in [-0.3, -0.25) is 14.5 Å². The highest BCUT2D eigenvalue weighted by Crippen LogP contribution is 2.33. The van der Waals surface area contributed by atoms with E-state index >= 15 is 0 Å². The molecule has 1 aliphatic heterocycles. The van der Waals surface area contributed by atoms with Crippen LogP contribution in [0.15, 0.2) is 54.0 Å². The van der Waals surface area contributed by atoms with Crippen LogP contribution in [0.2, 0.25) is 0 Å². The van der Waals surface area contributed by atoms with E-state index in [1.54, 1.807) is 11.0 Å². The largest absolute Gasteiger partial charge is 0.326 e.